The maximum Gasteiger partial charge on any atom is 0.160 e. The van der Waals surface area contributed by atoms with Crippen LogP contribution in [0.4, 0.5) is 0 Å². The van der Waals surface area contributed by atoms with Gasteiger partial charge in [0.15, 0.2) is 5.78 Å². The first-order valence-electron chi connectivity index (χ1n) is 5.90. The van der Waals surface area contributed by atoms with Crippen LogP contribution in [0.15, 0.2) is 52.3 Å². The van der Waals surface area contributed by atoms with Crippen molar-refractivity contribution in [2.45, 2.75) is 23.6 Å². The average molecular weight is 267 g/mol. The van der Waals surface area contributed by atoms with Crippen molar-refractivity contribution in [2.75, 3.05) is 0 Å². The van der Waals surface area contributed by atoms with Crippen LogP contribution in [0.2, 0.25) is 0 Å². The molecule has 0 saturated heterocycles. The smallest absolute Gasteiger partial charge is 0.160 e. The molecule has 0 saturated carbocycles. The fourth-order valence-electron chi connectivity index (χ4n) is 1.77. The van der Waals surface area contributed by atoms with E-state index < -0.39 is 0 Å². The standard InChI is InChI=1S/C16H13NOS/c1-11-4-3-5-14(8-11)19-16-9-13(10-17)6-7-15(16)12(2)18/h3-9H,1-2H3. The molecule has 19 heavy (non-hydrogen) atoms. The number of Topliss-reactive ketones (excluding diaryl/α,β-unsaturated/α-hetero) is 1. The molecule has 0 bridgehead atoms. The van der Waals surface area contributed by atoms with Crippen LogP contribution in [0.1, 0.15) is 28.4 Å². The van der Waals surface area contributed by atoms with Gasteiger partial charge in [-0.15, -0.1) is 0 Å². The Bertz CT molecular complexity index is 671. The monoisotopic (exact) mass is 267 g/mol. The summed E-state index contributed by atoms with van der Waals surface area (Å²) in [5.74, 6) is 0.0136. The van der Waals surface area contributed by atoms with Gasteiger partial charge in [-0.25, -0.2) is 0 Å². The van der Waals surface area contributed by atoms with Crippen molar-refractivity contribution in [3.05, 3.63) is 59.2 Å². The maximum absolute atomic E-state index is 11.6. The van der Waals surface area contributed by atoms with Crippen LogP contribution in [-0.4, -0.2) is 5.78 Å². The van der Waals surface area contributed by atoms with Gasteiger partial charge in [0.1, 0.15) is 0 Å². The fourth-order valence-corrected chi connectivity index (χ4v) is 2.93. The molecule has 0 spiro atoms. The molecule has 0 fully saturated rings. The van der Waals surface area contributed by atoms with Gasteiger partial charge >= 0.3 is 0 Å². The Morgan fingerprint density at radius 1 is 1.21 bits per heavy atom. The normalized spacial score (nSPS) is 9.95. The Kier molecular flexibility index (Phi) is 4.03. The third-order valence-electron chi connectivity index (χ3n) is 2.71. The lowest BCUT2D eigenvalue weighted by Crippen LogP contribution is -1.95. The zero-order chi connectivity index (χ0) is 13.8. The fraction of sp³-hybridized carbons (Fsp3) is 0.125. The Hall–Kier alpha value is -2.05. The molecule has 0 heterocycles. The quantitative estimate of drug-likeness (QED) is 0.782. The van der Waals surface area contributed by atoms with Crippen LogP contribution in [-0.2, 0) is 0 Å². The van der Waals surface area contributed by atoms with Crippen molar-refractivity contribution in [3.8, 4) is 6.07 Å². The first-order valence-corrected chi connectivity index (χ1v) is 6.71. The van der Waals surface area contributed by atoms with Gasteiger partial charge in [-0.1, -0.05) is 29.5 Å². The van der Waals surface area contributed by atoms with Gasteiger partial charge in [0.2, 0.25) is 0 Å². The van der Waals surface area contributed by atoms with Gasteiger partial charge in [-0.3, -0.25) is 4.79 Å². The predicted octanol–water partition coefficient (Wildman–Crippen LogP) is 4.22. The van der Waals surface area contributed by atoms with Crippen molar-refractivity contribution in [1.29, 1.82) is 5.26 Å². The minimum atomic E-state index is 0.0136. The van der Waals surface area contributed by atoms with Crippen LogP contribution in [0.5, 0.6) is 0 Å². The molecule has 0 amide bonds. The van der Waals surface area contributed by atoms with Gasteiger partial charge in [0, 0.05) is 15.4 Å². The number of carbonyl (C=O) groups is 1. The summed E-state index contributed by atoms with van der Waals surface area (Å²) in [4.78, 5) is 13.5. The van der Waals surface area contributed by atoms with Crippen LogP contribution in [0.25, 0.3) is 0 Å². The van der Waals surface area contributed by atoms with Crippen LogP contribution in [0.3, 0.4) is 0 Å². The molecule has 0 atom stereocenters. The van der Waals surface area contributed by atoms with Gasteiger partial charge in [-0.2, -0.15) is 5.26 Å². The van der Waals surface area contributed by atoms with Crippen molar-refractivity contribution < 1.29 is 4.79 Å². The van der Waals surface area contributed by atoms with Gasteiger partial charge < -0.3 is 0 Å². The van der Waals surface area contributed by atoms with E-state index in [1.54, 1.807) is 25.1 Å². The van der Waals surface area contributed by atoms with Crippen LogP contribution >= 0.6 is 11.8 Å². The Balaban J connectivity index is 2.43. The largest absolute Gasteiger partial charge is 0.294 e. The summed E-state index contributed by atoms with van der Waals surface area (Å²) >= 11 is 1.51. The molecular formula is C16H13NOS. The number of aryl methyl sites for hydroxylation is 1. The minimum Gasteiger partial charge on any atom is -0.294 e. The highest BCUT2D eigenvalue weighted by Crippen LogP contribution is 2.31. The number of nitriles is 1. The maximum atomic E-state index is 11.6. The highest BCUT2D eigenvalue weighted by molar-refractivity contribution is 7.99. The summed E-state index contributed by atoms with van der Waals surface area (Å²) in [6, 6.07) is 15.4. The molecule has 0 aliphatic rings. The van der Waals surface area contributed by atoms with Crippen molar-refractivity contribution in [3.63, 3.8) is 0 Å². The van der Waals surface area contributed by atoms with E-state index in [9.17, 15) is 4.79 Å². The molecule has 0 aliphatic heterocycles. The first-order chi connectivity index (χ1) is 9.10. The third kappa shape index (κ3) is 3.24. The summed E-state index contributed by atoms with van der Waals surface area (Å²) in [6.07, 6.45) is 0. The summed E-state index contributed by atoms with van der Waals surface area (Å²) in [5, 5.41) is 8.96. The second-order valence-corrected chi connectivity index (χ2v) is 5.41. The van der Waals surface area contributed by atoms with Gasteiger partial charge in [-0.05, 0) is 44.2 Å². The predicted molar refractivity (Wildman–Crippen MR) is 76.5 cm³/mol. The summed E-state index contributed by atoms with van der Waals surface area (Å²) in [5.41, 5.74) is 2.40. The molecule has 0 unspecified atom stereocenters. The summed E-state index contributed by atoms with van der Waals surface area (Å²) < 4.78 is 0. The highest BCUT2D eigenvalue weighted by Gasteiger charge is 2.10. The molecule has 94 valence electrons. The lowest BCUT2D eigenvalue weighted by atomic mass is 10.1. The number of benzene rings is 2. The molecule has 2 nitrogen and oxygen atoms in total. The van der Waals surface area contributed by atoms with E-state index in [4.69, 9.17) is 5.26 Å². The molecular weight excluding hydrogens is 254 g/mol. The molecule has 0 radical (unpaired) electrons. The third-order valence-corrected chi connectivity index (χ3v) is 3.75. The second kappa shape index (κ2) is 5.73. The second-order valence-electron chi connectivity index (χ2n) is 4.30. The molecule has 3 heteroatoms. The number of ketones is 1. The number of rotatable bonds is 3. The lowest BCUT2D eigenvalue weighted by Gasteiger charge is -2.07. The number of carbonyl (C=O) groups excluding carboxylic acids is 1. The number of hydrogen-bond acceptors (Lipinski definition) is 3. The SMILES string of the molecule is CC(=O)c1ccc(C#N)cc1Sc1cccc(C)c1. The molecule has 2 rings (SSSR count). The van der Waals surface area contributed by atoms with E-state index in [1.807, 2.05) is 25.1 Å². The Morgan fingerprint density at radius 3 is 2.63 bits per heavy atom. The topological polar surface area (TPSA) is 40.9 Å². The van der Waals surface area contributed by atoms with Gasteiger partial charge in [0.25, 0.3) is 0 Å². The van der Waals surface area contributed by atoms with Crippen LogP contribution < -0.4 is 0 Å². The lowest BCUT2D eigenvalue weighted by molar-refractivity contribution is 0.101. The molecule has 2 aromatic rings. The molecule has 0 aromatic heterocycles. The van der Waals surface area contributed by atoms with E-state index in [-0.39, 0.29) is 5.78 Å². The van der Waals surface area contributed by atoms with Crippen molar-refractivity contribution in [2.24, 2.45) is 0 Å². The van der Waals surface area contributed by atoms with E-state index in [0.717, 1.165) is 9.79 Å². The zero-order valence-electron chi connectivity index (χ0n) is 10.8. The number of nitrogens with zero attached hydrogens (tertiary/aromatic N) is 1. The minimum absolute atomic E-state index is 0.0136. The first kappa shape index (κ1) is 13.4. The molecule has 2 aromatic carbocycles. The zero-order valence-corrected chi connectivity index (χ0v) is 11.6. The van der Waals surface area contributed by atoms with E-state index in [1.165, 1.54) is 17.3 Å². The van der Waals surface area contributed by atoms with Gasteiger partial charge in [0.05, 0.1) is 11.6 Å². The Morgan fingerprint density at radius 2 is 2.00 bits per heavy atom. The van der Waals surface area contributed by atoms with Crippen molar-refractivity contribution >= 4 is 17.5 Å². The Labute approximate surface area is 117 Å². The highest BCUT2D eigenvalue weighted by atomic mass is 32.2. The van der Waals surface area contributed by atoms with E-state index in [2.05, 4.69) is 12.1 Å². The molecule has 0 N–H and O–H groups in total. The number of hydrogen-bond donors (Lipinski definition) is 0. The molecule has 0 aliphatic carbocycles. The average Bonchev–Trinajstić information content (AvgIpc) is 2.38. The van der Waals surface area contributed by atoms with Crippen molar-refractivity contribution in [1.82, 2.24) is 0 Å². The van der Waals surface area contributed by atoms with E-state index in [0.29, 0.717) is 11.1 Å². The van der Waals surface area contributed by atoms with E-state index >= 15 is 0 Å². The van der Waals surface area contributed by atoms with Crippen LogP contribution in [0, 0.1) is 18.3 Å². The summed E-state index contributed by atoms with van der Waals surface area (Å²) in [7, 11) is 0. The summed E-state index contributed by atoms with van der Waals surface area (Å²) in [6.45, 7) is 3.57.